The number of hydrogen-bond donors (Lipinski definition) is 2. The maximum Gasteiger partial charge on any atom is 0.0454 e. The first-order chi connectivity index (χ1) is 6.90. The van der Waals surface area contributed by atoms with E-state index >= 15 is 0 Å². The molecule has 0 radical (unpaired) electrons. The lowest BCUT2D eigenvalue weighted by Gasteiger charge is -1.94. The first-order valence-corrected chi connectivity index (χ1v) is 4.84. The molecule has 1 aromatic carbocycles. The van der Waals surface area contributed by atoms with E-state index in [1.807, 2.05) is 6.20 Å². The van der Waals surface area contributed by atoms with Gasteiger partial charge >= 0.3 is 0 Å². The summed E-state index contributed by atoms with van der Waals surface area (Å²) in [4.78, 5) is 3.17. The van der Waals surface area contributed by atoms with Gasteiger partial charge < -0.3 is 10.7 Å². The van der Waals surface area contributed by atoms with Crippen LogP contribution in [0.3, 0.4) is 0 Å². The smallest absolute Gasteiger partial charge is 0.0454 e. The van der Waals surface area contributed by atoms with Crippen molar-refractivity contribution in [2.24, 2.45) is 5.73 Å². The molecule has 0 saturated heterocycles. The average molecular weight is 186 g/mol. The van der Waals surface area contributed by atoms with Gasteiger partial charge in [-0.05, 0) is 42.1 Å². The van der Waals surface area contributed by atoms with E-state index in [1.54, 1.807) is 0 Å². The van der Waals surface area contributed by atoms with Gasteiger partial charge in [-0.1, -0.05) is 18.2 Å². The fraction of sp³-hybridized carbons (Fsp3) is 0.167. The van der Waals surface area contributed by atoms with Gasteiger partial charge in [0, 0.05) is 11.7 Å². The van der Waals surface area contributed by atoms with Crippen molar-refractivity contribution < 1.29 is 0 Å². The van der Waals surface area contributed by atoms with Gasteiger partial charge in [-0.25, -0.2) is 0 Å². The van der Waals surface area contributed by atoms with Crippen LogP contribution in [0.25, 0.3) is 17.0 Å². The van der Waals surface area contributed by atoms with Gasteiger partial charge in [0.15, 0.2) is 0 Å². The van der Waals surface area contributed by atoms with Crippen molar-refractivity contribution in [2.75, 3.05) is 6.54 Å². The maximum absolute atomic E-state index is 5.41. The predicted molar refractivity (Wildman–Crippen MR) is 61.0 cm³/mol. The van der Waals surface area contributed by atoms with Crippen LogP contribution in [-0.4, -0.2) is 11.5 Å². The zero-order valence-corrected chi connectivity index (χ0v) is 8.03. The normalized spacial score (nSPS) is 11.5. The van der Waals surface area contributed by atoms with E-state index in [9.17, 15) is 0 Å². The molecule has 2 rings (SSSR count). The van der Waals surface area contributed by atoms with Crippen LogP contribution in [0.1, 0.15) is 12.0 Å². The average Bonchev–Trinajstić information content (AvgIpc) is 2.65. The molecule has 72 valence electrons. The highest BCUT2D eigenvalue weighted by Gasteiger charge is 1.93. The minimum Gasteiger partial charge on any atom is -0.361 e. The van der Waals surface area contributed by atoms with E-state index in [-0.39, 0.29) is 0 Å². The molecule has 0 atom stereocenters. The second-order valence-electron chi connectivity index (χ2n) is 3.30. The molecular formula is C12H14N2. The second kappa shape index (κ2) is 4.11. The number of aromatic amines is 1. The predicted octanol–water partition coefficient (Wildman–Crippen LogP) is 2.53. The molecule has 2 heteroatoms. The van der Waals surface area contributed by atoms with Gasteiger partial charge in [0.05, 0.1) is 0 Å². The van der Waals surface area contributed by atoms with E-state index in [4.69, 9.17) is 5.73 Å². The van der Waals surface area contributed by atoms with Crippen LogP contribution in [0.2, 0.25) is 0 Å². The molecule has 0 unspecified atom stereocenters. The molecule has 0 aliphatic heterocycles. The minimum atomic E-state index is 0.711. The van der Waals surface area contributed by atoms with E-state index in [0.717, 1.165) is 6.42 Å². The SMILES string of the molecule is NCCC=Cc1ccc2[nH]ccc2c1. The molecule has 1 aromatic heterocycles. The Morgan fingerprint density at radius 1 is 1.29 bits per heavy atom. The van der Waals surface area contributed by atoms with Crippen molar-refractivity contribution in [1.29, 1.82) is 0 Å². The van der Waals surface area contributed by atoms with Gasteiger partial charge in [0.1, 0.15) is 0 Å². The molecule has 0 fully saturated rings. The number of nitrogens with two attached hydrogens (primary N) is 1. The van der Waals surface area contributed by atoms with Crippen LogP contribution in [0.4, 0.5) is 0 Å². The number of benzene rings is 1. The molecule has 1 heterocycles. The number of H-pyrrole nitrogens is 1. The fourth-order valence-corrected chi connectivity index (χ4v) is 1.49. The molecule has 0 saturated carbocycles. The zero-order valence-electron chi connectivity index (χ0n) is 8.03. The summed E-state index contributed by atoms with van der Waals surface area (Å²) < 4.78 is 0. The molecule has 2 aromatic rings. The van der Waals surface area contributed by atoms with Crippen LogP contribution in [0, 0.1) is 0 Å². The van der Waals surface area contributed by atoms with Crippen molar-refractivity contribution in [3.05, 3.63) is 42.1 Å². The first-order valence-electron chi connectivity index (χ1n) is 4.84. The third kappa shape index (κ3) is 1.86. The summed E-state index contributed by atoms with van der Waals surface area (Å²) in [6.07, 6.45) is 7.11. The first kappa shape index (κ1) is 9.03. The lowest BCUT2D eigenvalue weighted by Crippen LogP contribution is -1.94. The van der Waals surface area contributed by atoms with Crippen molar-refractivity contribution in [3.63, 3.8) is 0 Å². The summed E-state index contributed by atoms with van der Waals surface area (Å²) in [5.41, 5.74) is 7.82. The Hall–Kier alpha value is -1.54. The van der Waals surface area contributed by atoms with Gasteiger partial charge in [-0.15, -0.1) is 0 Å². The Morgan fingerprint density at radius 2 is 2.21 bits per heavy atom. The van der Waals surface area contributed by atoms with Crippen molar-refractivity contribution in [1.82, 2.24) is 4.98 Å². The van der Waals surface area contributed by atoms with Crippen LogP contribution in [0.5, 0.6) is 0 Å². The number of nitrogens with one attached hydrogen (secondary N) is 1. The number of hydrogen-bond acceptors (Lipinski definition) is 1. The van der Waals surface area contributed by atoms with E-state index in [2.05, 4.69) is 41.4 Å². The maximum atomic E-state index is 5.41. The molecule has 3 N–H and O–H groups in total. The molecule has 0 aliphatic rings. The van der Waals surface area contributed by atoms with Gasteiger partial charge in [0.25, 0.3) is 0 Å². The molecule has 14 heavy (non-hydrogen) atoms. The number of aromatic nitrogens is 1. The minimum absolute atomic E-state index is 0.711. The van der Waals surface area contributed by atoms with E-state index in [0.29, 0.717) is 6.54 Å². The number of fused-ring (bicyclic) bond motifs is 1. The highest BCUT2D eigenvalue weighted by molar-refractivity contribution is 5.81. The standard InChI is InChI=1S/C12H14N2/c13-7-2-1-3-10-4-5-12-11(9-10)6-8-14-12/h1,3-6,8-9,14H,2,7,13H2. The topological polar surface area (TPSA) is 41.8 Å². The summed E-state index contributed by atoms with van der Waals surface area (Å²) in [6.45, 7) is 0.711. The molecule has 0 bridgehead atoms. The lowest BCUT2D eigenvalue weighted by atomic mass is 10.1. The molecule has 0 amide bonds. The summed E-state index contributed by atoms with van der Waals surface area (Å²) >= 11 is 0. The van der Waals surface area contributed by atoms with Crippen LogP contribution in [0.15, 0.2) is 36.5 Å². The monoisotopic (exact) mass is 186 g/mol. The summed E-state index contributed by atoms with van der Waals surface area (Å²) in [5, 5.41) is 1.25. The van der Waals surface area contributed by atoms with E-state index < -0.39 is 0 Å². The van der Waals surface area contributed by atoms with Crippen molar-refractivity contribution in [2.45, 2.75) is 6.42 Å². The van der Waals surface area contributed by atoms with Gasteiger partial charge in [-0.2, -0.15) is 0 Å². The highest BCUT2D eigenvalue weighted by Crippen LogP contribution is 2.15. The Balaban J connectivity index is 2.25. The van der Waals surface area contributed by atoms with Gasteiger partial charge in [0.2, 0.25) is 0 Å². The molecule has 0 spiro atoms. The Kier molecular flexibility index (Phi) is 2.65. The fourth-order valence-electron chi connectivity index (χ4n) is 1.49. The van der Waals surface area contributed by atoms with Gasteiger partial charge in [-0.3, -0.25) is 0 Å². The lowest BCUT2D eigenvalue weighted by molar-refractivity contribution is 1.01. The highest BCUT2D eigenvalue weighted by atomic mass is 14.7. The Bertz CT molecular complexity index is 440. The third-order valence-corrected chi connectivity index (χ3v) is 2.22. The Morgan fingerprint density at radius 3 is 3.07 bits per heavy atom. The van der Waals surface area contributed by atoms with Crippen LogP contribution in [-0.2, 0) is 0 Å². The van der Waals surface area contributed by atoms with Crippen LogP contribution >= 0.6 is 0 Å². The Labute approximate surface area is 83.4 Å². The quantitative estimate of drug-likeness (QED) is 0.760. The number of rotatable bonds is 3. The van der Waals surface area contributed by atoms with Crippen LogP contribution < -0.4 is 5.73 Å². The zero-order chi connectivity index (χ0) is 9.80. The van der Waals surface area contributed by atoms with Crippen molar-refractivity contribution >= 4 is 17.0 Å². The summed E-state index contributed by atoms with van der Waals surface area (Å²) in [5.74, 6) is 0. The second-order valence-corrected chi connectivity index (χ2v) is 3.30. The molecule has 0 aliphatic carbocycles. The third-order valence-electron chi connectivity index (χ3n) is 2.22. The van der Waals surface area contributed by atoms with E-state index in [1.165, 1.54) is 16.5 Å². The molecule has 2 nitrogen and oxygen atoms in total. The summed E-state index contributed by atoms with van der Waals surface area (Å²) in [7, 11) is 0. The summed E-state index contributed by atoms with van der Waals surface area (Å²) in [6, 6.07) is 8.44. The van der Waals surface area contributed by atoms with Crippen molar-refractivity contribution in [3.8, 4) is 0 Å². The largest absolute Gasteiger partial charge is 0.361 e. The molecular weight excluding hydrogens is 172 g/mol.